The second kappa shape index (κ2) is 9.33. The van der Waals surface area contributed by atoms with Crippen molar-refractivity contribution >= 4 is 5.97 Å². The van der Waals surface area contributed by atoms with Gasteiger partial charge in [-0.15, -0.1) is 0 Å². The summed E-state index contributed by atoms with van der Waals surface area (Å²) in [4.78, 5) is 19.3. The molecule has 0 amide bonds. The number of aromatic nitrogens is 2. The molecule has 0 aliphatic heterocycles. The summed E-state index contributed by atoms with van der Waals surface area (Å²) < 4.78 is 16.7. The molecule has 0 saturated heterocycles. The van der Waals surface area contributed by atoms with E-state index in [-0.39, 0.29) is 5.97 Å². The number of nitrogens with zero attached hydrogens (tertiary/aromatic N) is 2. The predicted octanol–water partition coefficient (Wildman–Crippen LogP) is 4.21. The van der Waals surface area contributed by atoms with E-state index in [0.29, 0.717) is 29.7 Å². The third-order valence-corrected chi connectivity index (χ3v) is 3.63. The second-order valence-electron chi connectivity index (χ2n) is 5.78. The number of rotatable bonds is 8. The molecule has 2 aromatic heterocycles. The first kappa shape index (κ1) is 18.4. The monoisotopic (exact) mass is 364 g/mol. The fraction of sp³-hybridized carbons (Fsp3) is 0.190. The standard InChI is InChI=1S/C21H20N2O4/c1-16(24)26-18-6-2-7-19(15-18)27-21-20(8-3-11-23-21)25-14-4-5-17-9-12-22-13-10-17/h2-3,6-13,15H,4-5,14H2,1H3. The van der Waals surface area contributed by atoms with Gasteiger partial charge in [-0.1, -0.05) is 6.07 Å². The van der Waals surface area contributed by atoms with Crippen LogP contribution in [-0.2, 0) is 11.2 Å². The average molecular weight is 364 g/mol. The number of hydrogen-bond donors (Lipinski definition) is 0. The van der Waals surface area contributed by atoms with Crippen molar-refractivity contribution in [1.29, 1.82) is 0 Å². The van der Waals surface area contributed by atoms with Crippen molar-refractivity contribution in [2.24, 2.45) is 0 Å². The van der Waals surface area contributed by atoms with E-state index in [0.717, 1.165) is 12.8 Å². The highest BCUT2D eigenvalue weighted by Crippen LogP contribution is 2.30. The summed E-state index contributed by atoms with van der Waals surface area (Å²) in [6, 6.07) is 14.4. The van der Waals surface area contributed by atoms with Gasteiger partial charge >= 0.3 is 5.97 Å². The van der Waals surface area contributed by atoms with Gasteiger partial charge < -0.3 is 14.2 Å². The predicted molar refractivity (Wildman–Crippen MR) is 100 cm³/mol. The number of carbonyl (C=O) groups excluding carboxylic acids is 1. The highest BCUT2D eigenvalue weighted by atomic mass is 16.5. The molecule has 0 fully saturated rings. The van der Waals surface area contributed by atoms with Crippen molar-refractivity contribution in [3.05, 3.63) is 72.7 Å². The number of esters is 1. The normalized spacial score (nSPS) is 10.3. The second-order valence-corrected chi connectivity index (χ2v) is 5.78. The lowest BCUT2D eigenvalue weighted by molar-refractivity contribution is -0.131. The van der Waals surface area contributed by atoms with E-state index >= 15 is 0 Å². The fourth-order valence-electron chi connectivity index (χ4n) is 2.45. The summed E-state index contributed by atoms with van der Waals surface area (Å²) in [7, 11) is 0. The summed E-state index contributed by atoms with van der Waals surface area (Å²) in [6.07, 6.45) is 6.97. The third kappa shape index (κ3) is 5.81. The van der Waals surface area contributed by atoms with E-state index in [4.69, 9.17) is 14.2 Å². The van der Waals surface area contributed by atoms with E-state index in [1.54, 1.807) is 48.9 Å². The number of pyridine rings is 2. The van der Waals surface area contributed by atoms with Crippen LogP contribution in [0.3, 0.4) is 0 Å². The van der Waals surface area contributed by atoms with Crippen LogP contribution in [0.25, 0.3) is 0 Å². The molecule has 27 heavy (non-hydrogen) atoms. The van der Waals surface area contributed by atoms with Crippen LogP contribution in [0.4, 0.5) is 0 Å². The molecule has 0 spiro atoms. The van der Waals surface area contributed by atoms with Gasteiger partial charge in [0, 0.05) is 31.6 Å². The molecule has 0 aliphatic carbocycles. The molecule has 0 atom stereocenters. The summed E-state index contributed by atoms with van der Waals surface area (Å²) in [5.74, 6) is 1.46. The smallest absolute Gasteiger partial charge is 0.308 e. The molecule has 6 nitrogen and oxygen atoms in total. The molecule has 0 aliphatic rings. The van der Waals surface area contributed by atoms with Gasteiger partial charge in [0.15, 0.2) is 5.75 Å². The maximum atomic E-state index is 11.1. The van der Waals surface area contributed by atoms with Crippen LogP contribution >= 0.6 is 0 Å². The molecule has 6 heteroatoms. The molecule has 1 aromatic carbocycles. The highest BCUT2D eigenvalue weighted by molar-refractivity contribution is 5.69. The van der Waals surface area contributed by atoms with Gasteiger partial charge in [-0.25, -0.2) is 4.98 Å². The van der Waals surface area contributed by atoms with Gasteiger partial charge in [-0.05, 0) is 54.8 Å². The lowest BCUT2D eigenvalue weighted by Gasteiger charge is -2.12. The van der Waals surface area contributed by atoms with Gasteiger partial charge in [0.05, 0.1) is 6.61 Å². The molecule has 0 bridgehead atoms. The quantitative estimate of drug-likeness (QED) is 0.339. The van der Waals surface area contributed by atoms with Crippen LogP contribution in [-0.4, -0.2) is 22.5 Å². The topological polar surface area (TPSA) is 70.5 Å². The molecular weight excluding hydrogens is 344 g/mol. The molecule has 0 saturated carbocycles. The minimum absolute atomic E-state index is 0.362. The number of hydrogen-bond acceptors (Lipinski definition) is 6. The minimum atomic E-state index is -0.386. The maximum Gasteiger partial charge on any atom is 0.308 e. The van der Waals surface area contributed by atoms with Gasteiger partial charge in [0.25, 0.3) is 5.88 Å². The Morgan fingerprint density at radius 2 is 1.81 bits per heavy atom. The number of carbonyl (C=O) groups is 1. The molecule has 0 radical (unpaired) electrons. The largest absolute Gasteiger partial charge is 0.488 e. The van der Waals surface area contributed by atoms with Gasteiger partial charge in [-0.2, -0.15) is 0 Å². The first-order chi connectivity index (χ1) is 13.2. The molecule has 138 valence electrons. The van der Waals surface area contributed by atoms with Crippen molar-refractivity contribution < 1.29 is 19.0 Å². The number of benzene rings is 1. The van der Waals surface area contributed by atoms with Crippen molar-refractivity contribution in [2.75, 3.05) is 6.61 Å². The van der Waals surface area contributed by atoms with Crippen LogP contribution in [0.15, 0.2) is 67.1 Å². The van der Waals surface area contributed by atoms with Crippen LogP contribution in [0.5, 0.6) is 23.1 Å². The lowest BCUT2D eigenvalue weighted by atomic mass is 10.1. The van der Waals surface area contributed by atoms with Gasteiger partial charge in [0.1, 0.15) is 11.5 Å². The Balaban J connectivity index is 1.59. The van der Waals surface area contributed by atoms with Gasteiger partial charge in [0.2, 0.25) is 0 Å². The zero-order chi connectivity index (χ0) is 18.9. The summed E-state index contributed by atoms with van der Waals surface area (Å²) in [5.41, 5.74) is 1.22. The highest BCUT2D eigenvalue weighted by Gasteiger charge is 2.09. The Bertz CT molecular complexity index is 884. The van der Waals surface area contributed by atoms with Crippen LogP contribution in [0, 0.1) is 0 Å². The Morgan fingerprint density at radius 3 is 2.63 bits per heavy atom. The lowest BCUT2D eigenvalue weighted by Crippen LogP contribution is -2.02. The first-order valence-electron chi connectivity index (χ1n) is 8.64. The molecule has 2 heterocycles. The van der Waals surface area contributed by atoms with E-state index in [1.165, 1.54) is 12.5 Å². The maximum absolute atomic E-state index is 11.1. The van der Waals surface area contributed by atoms with Crippen LogP contribution in [0.2, 0.25) is 0 Å². The molecule has 0 N–H and O–H groups in total. The van der Waals surface area contributed by atoms with E-state index in [9.17, 15) is 4.79 Å². The SMILES string of the molecule is CC(=O)Oc1cccc(Oc2ncccc2OCCCc2ccncc2)c1. The van der Waals surface area contributed by atoms with Crippen molar-refractivity contribution in [1.82, 2.24) is 9.97 Å². The first-order valence-corrected chi connectivity index (χ1v) is 8.64. The number of ether oxygens (including phenoxy) is 3. The molecular formula is C21H20N2O4. The van der Waals surface area contributed by atoms with Crippen LogP contribution < -0.4 is 14.2 Å². The van der Waals surface area contributed by atoms with E-state index in [2.05, 4.69) is 9.97 Å². The molecule has 3 aromatic rings. The summed E-state index contributed by atoms with van der Waals surface area (Å²) in [6.45, 7) is 1.89. The van der Waals surface area contributed by atoms with Crippen LogP contribution in [0.1, 0.15) is 18.9 Å². The van der Waals surface area contributed by atoms with Crippen molar-refractivity contribution in [3.8, 4) is 23.1 Å². The average Bonchev–Trinajstić information content (AvgIpc) is 2.67. The third-order valence-electron chi connectivity index (χ3n) is 3.63. The zero-order valence-corrected chi connectivity index (χ0v) is 15.0. The number of aryl methyl sites for hydroxylation is 1. The fourth-order valence-corrected chi connectivity index (χ4v) is 2.45. The van der Waals surface area contributed by atoms with Gasteiger partial charge in [-0.3, -0.25) is 9.78 Å². The minimum Gasteiger partial charge on any atom is -0.488 e. The van der Waals surface area contributed by atoms with E-state index < -0.39 is 0 Å². The van der Waals surface area contributed by atoms with E-state index in [1.807, 2.05) is 18.2 Å². The Morgan fingerprint density at radius 1 is 1.00 bits per heavy atom. The molecule has 0 unspecified atom stereocenters. The zero-order valence-electron chi connectivity index (χ0n) is 15.0. The Hall–Kier alpha value is -3.41. The summed E-state index contributed by atoms with van der Waals surface area (Å²) in [5, 5.41) is 0. The molecule has 3 rings (SSSR count). The Kier molecular flexibility index (Phi) is 6.35. The van der Waals surface area contributed by atoms with Crippen molar-refractivity contribution in [2.45, 2.75) is 19.8 Å². The Labute approximate surface area is 157 Å². The summed E-state index contributed by atoms with van der Waals surface area (Å²) >= 11 is 0. The van der Waals surface area contributed by atoms with Crippen molar-refractivity contribution in [3.63, 3.8) is 0 Å².